The Labute approximate surface area is 171 Å². The first-order valence-corrected chi connectivity index (χ1v) is 10.8. The van der Waals surface area contributed by atoms with Crippen molar-refractivity contribution in [3.05, 3.63) is 74.0 Å². The maximum absolute atomic E-state index is 13.6. The van der Waals surface area contributed by atoms with E-state index in [2.05, 4.69) is 32.9 Å². The third-order valence-corrected chi connectivity index (χ3v) is 6.58. The zero-order valence-corrected chi connectivity index (χ0v) is 17.5. The highest BCUT2D eigenvalue weighted by Crippen LogP contribution is 2.38. The fourth-order valence-corrected chi connectivity index (χ4v) is 5.38. The predicted octanol–water partition coefficient (Wildman–Crippen LogP) is 5.54. The Balaban J connectivity index is 1.97. The van der Waals surface area contributed by atoms with Crippen LogP contribution in [0.15, 0.2) is 46.6 Å². The normalized spacial score (nSPS) is 11.2. The lowest BCUT2D eigenvalue weighted by Gasteiger charge is -2.15. The summed E-state index contributed by atoms with van der Waals surface area (Å²) in [7, 11) is 0. The number of aromatic nitrogens is 2. The van der Waals surface area contributed by atoms with Gasteiger partial charge in [0.05, 0.1) is 23.6 Å². The summed E-state index contributed by atoms with van der Waals surface area (Å²) in [5.41, 5.74) is 2.51. The van der Waals surface area contributed by atoms with Crippen molar-refractivity contribution in [2.45, 2.75) is 33.2 Å². The number of fused-ring (bicyclic) bond motifs is 1. The van der Waals surface area contributed by atoms with Crippen LogP contribution in [0.25, 0.3) is 20.7 Å². The summed E-state index contributed by atoms with van der Waals surface area (Å²) >= 11 is 3.22. The number of nitrogens with zero attached hydrogens (tertiary/aromatic N) is 3. The zero-order chi connectivity index (χ0) is 19.8. The van der Waals surface area contributed by atoms with E-state index in [-0.39, 0.29) is 11.5 Å². The van der Waals surface area contributed by atoms with Gasteiger partial charge in [-0.25, -0.2) is 4.98 Å². The number of nitriles is 1. The van der Waals surface area contributed by atoms with Gasteiger partial charge in [0.25, 0.3) is 5.56 Å². The van der Waals surface area contributed by atoms with E-state index in [4.69, 9.17) is 4.98 Å². The number of benzene rings is 1. The van der Waals surface area contributed by atoms with Gasteiger partial charge >= 0.3 is 0 Å². The van der Waals surface area contributed by atoms with E-state index < -0.39 is 0 Å². The Bertz CT molecular complexity index is 1260. The van der Waals surface area contributed by atoms with E-state index >= 15 is 0 Å². The Morgan fingerprint density at radius 2 is 2.07 bits per heavy atom. The van der Waals surface area contributed by atoms with Crippen LogP contribution >= 0.6 is 22.7 Å². The lowest BCUT2D eigenvalue weighted by molar-refractivity contribution is 0.635. The molecule has 0 saturated carbocycles. The molecule has 3 aromatic heterocycles. The molecular formula is C22H19N3OS2. The summed E-state index contributed by atoms with van der Waals surface area (Å²) in [4.78, 5) is 21.5. The fourth-order valence-electron chi connectivity index (χ4n) is 3.44. The molecule has 4 nitrogen and oxygen atoms in total. The predicted molar refractivity (Wildman–Crippen MR) is 116 cm³/mol. The molecule has 0 spiro atoms. The molecule has 0 aliphatic rings. The van der Waals surface area contributed by atoms with Crippen LogP contribution in [-0.2, 0) is 6.54 Å². The first-order valence-electron chi connectivity index (χ1n) is 9.06. The molecule has 0 aliphatic heterocycles. The minimum absolute atomic E-state index is 0.0104. The molecule has 0 bridgehead atoms. The van der Waals surface area contributed by atoms with Crippen molar-refractivity contribution >= 4 is 32.9 Å². The van der Waals surface area contributed by atoms with Gasteiger partial charge in [-0.3, -0.25) is 9.36 Å². The molecule has 0 N–H and O–H groups in total. The van der Waals surface area contributed by atoms with Crippen LogP contribution in [0.1, 0.15) is 41.6 Å². The van der Waals surface area contributed by atoms with Gasteiger partial charge < -0.3 is 0 Å². The van der Waals surface area contributed by atoms with E-state index in [1.807, 2.05) is 29.6 Å². The van der Waals surface area contributed by atoms with Crippen LogP contribution in [0, 0.1) is 18.3 Å². The van der Waals surface area contributed by atoms with Crippen molar-refractivity contribution in [3.8, 4) is 16.5 Å². The maximum Gasteiger partial charge on any atom is 0.263 e. The average molecular weight is 406 g/mol. The summed E-state index contributed by atoms with van der Waals surface area (Å²) in [5, 5.41) is 11.9. The first kappa shape index (κ1) is 18.6. The van der Waals surface area contributed by atoms with Crippen LogP contribution in [0.5, 0.6) is 0 Å². The second kappa shape index (κ2) is 7.34. The monoisotopic (exact) mass is 405 g/mol. The standard InChI is InChI=1S/C22H19N3OS2/c1-13(2)20-24-21-19(18(14(3)28-21)17-8-5-9-27-17)22(26)25(20)12-16-7-4-6-15(10-16)11-23/h4-10,13H,12H2,1-3H3. The summed E-state index contributed by atoms with van der Waals surface area (Å²) in [6.45, 7) is 6.56. The van der Waals surface area contributed by atoms with E-state index in [9.17, 15) is 10.1 Å². The number of aryl methyl sites for hydroxylation is 1. The van der Waals surface area contributed by atoms with Gasteiger partial charge in [0, 0.05) is 21.2 Å². The van der Waals surface area contributed by atoms with Crippen molar-refractivity contribution in [1.82, 2.24) is 9.55 Å². The quantitative estimate of drug-likeness (QED) is 0.448. The van der Waals surface area contributed by atoms with Gasteiger partial charge in [-0.05, 0) is 36.1 Å². The fraction of sp³-hybridized carbons (Fsp3) is 0.227. The van der Waals surface area contributed by atoms with E-state index in [1.54, 1.807) is 33.3 Å². The number of hydrogen-bond donors (Lipinski definition) is 0. The first-order chi connectivity index (χ1) is 13.5. The zero-order valence-electron chi connectivity index (χ0n) is 15.9. The van der Waals surface area contributed by atoms with E-state index in [0.717, 1.165) is 31.5 Å². The molecule has 6 heteroatoms. The molecule has 0 radical (unpaired) electrons. The second-order valence-electron chi connectivity index (χ2n) is 7.02. The minimum Gasteiger partial charge on any atom is -0.291 e. The maximum atomic E-state index is 13.6. The van der Waals surface area contributed by atoms with Crippen LogP contribution < -0.4 is 5.56 Å². The number of hydrogen-bond acceptors (Lipinski definition) is 5. The highest BCUT2D eigenvalue weighted by atomic mass is 32.1. The largest absolute Gasteiger partial charge is 0.291 e. The van der Waals surface area contributed by atoms with Crippen LogP contribution in [-0.4, -0.2) is 9.55 Å². The summed E-state index contributed by atoms with van der Waals surface area (Å²) < 4.78 is 1.77. The summed E-state index contributed by atoms with van der Waals surface area (Å²) in [6, 6.07) is 13.6. The molecule has 1 aromatic carbocycles. The number of thiophene rings is 2. The lowest BCUT2D eigenvalue weighted by Crippen LogP contribution is -2.26. The van der Waals surface area contributed by atoms with Crippen molar-refractivity contribution in [3.63, 3.8) is 0 Å². The Morgan fingerprint density at radius 1 is 1.25 bits per heavy atom. The van der Waals surface area contributed by atoms with Crippen LogP contribution in [0.2, 0.25) is 0 Å². The van der Waals surface area contributed by atoms with Gasteiger partial charge in [0.15, 0.2) is 0 Å². The average Bonchev–Trinajstić information content (AvgIpc) is 3.31. The lowest BCUT2D eigenvalue weighted by atomic mass is 10.1. The topological polar surface area (TPSA) is 58.7 Å². The van der Waals surface area contributed by atoms with Gasteiger partial charge in [0.1, 0.15) is 10.7 Å². The molecular weight excluding hydrogens is 386 g/mol. The van der Waals surface area contributed by atoms with E-state index in [1.165, 1.54) is 0 Å². The summed E-state index contributed by atoms with van der Waals surface area (Å²) in [5.74, 6) is 0.891. The molecule has 0 amide bonds. The third-order valence-electron chi connectivity index (χ3n) is 4.70. The summed E-state index contributed by atoms with van der Waals surface area (Å²) in [6.07, 6.45) is 0. The van der Waals surface area contributed by atoms with Gasteiger partial charge in [-0.1, -0.05) is 32.0 Å². The Morgan fingerprint density at radius 3 is 2.75 bits per heavy atom. The second-order valence-corrected chi connectivity index (χ2v) is 9.17. The highest BCUT2D eigenvalue weighted by molar-refractivity contribution is 7.20. The molecule has 0 fully saturated rings. The highest BCUT2D eigenvalue weighted by Gasteiger charge is 2.21. The van der Waals surface area contributed by atoms with Gasteiger partial charge in [0.2, 0.25) is 0 Å². The van der Waals surface area contributed by atoms with Crippen molar-refractivity contribution in [2.75, 3.05) is 0 Å². The van der Waals surface area contributed by atoms with Crippen LogP contribution in [0.3, 0.4) is 0 Å². The van der Waals surface area contributed by atoms with Gasteiger partial charge in [-0.15, -0.1) is 22.7 Å². The molecule has 0 unspecified atom stereocenters. The minimum atomic E-state index is -0.0104. The van der Waals surface area contributed by atoms with Crippen molar-refractivity contribution in [2.24, 2.45) is 0 Å². The molecule has 0 atom stereocenters. The van der Waals surface area contributed by atoms with Crippen molar-refractivity contribution in [1.29, 1.82) is 5.26 Å². The van der Waals surface area contributed by atoms with Crippen LogP contribution in [0.4, 0.5) is 0 Å². The molecule has 4 rings (SSSR count). The van der Waals surface area contributed by atoms with Crippen molar-refractivity contribution < 1.29 is 0 Å². The van der Waals surface area contributed by atoms with E-state index in [0.29, 0.717) is 17.5 Å². The number of rotatable bonds is 4. The Hall–Kier alpha value is -2.75. The SMILES string of the molecule is Cc1sc2nc(C(C)C)n(Cc3cccc(C#N)c3)c(=O)c2c1-c1cccs1. The molecule has 0 saturated heterocycles. The molecule has 28 heavy (non-hydrogen) atoms. The molecule has 140 valence electrons. The Kier molecular flexibility index (Phi) is 4.88. The molecule has 0 aliphatic carbocycles. The smallest absolute Gasteiger partial charge is 0.263 e. The third kappa shape index (κ3) is 3.17. The molecule has 4 aromatic rings. The molecule has 3 heterocycles. The van der Waals surface area contributed by atoms with Gasteiger partial charge in [-0.2, -0.15) is 5.26 Å².